The molecule has 1 atom stereocenters. The molecule has 0 bridgehead atoms. The molecule has 0 spiro atoms. The first-order valence-corrected chi connectivity index (χ1v) is 9.04. The molecule has 1 aliphatic heterocycles. The lowest BCUT2D eigenvalue weighted by molar-refractivity contribution is -0.123. The summed E-state index contributed by atoms with van der Waals surface area (Å²) < 4.78 is 18.6. The molecule has 1 amide bonds. The highest BCUT2D eigenvalue weighted by molar-refractivity contribution is 5.97. The third-order valence-corrected chi connectivity index (χ3v) is 4.70. The summed E-state index contributed by atoms with van der Waals surface area (Å²) in [4.78, 5) is 19.5. The van der Waals surface area contributed by atoms with Gasteiger partial charge in [0.05, 0.1) is 19.4 Å². The first kappa shape index (κ1) is 18.3. The standard InChI is InChI=1S/C20H20FN5O2/c21-16-5-3-14(4-6-16)17-13-23-25-19(17)24-20(27)18(15-2-1-7-22-12-15)26-8-10-28-11-9-26/h1-7,12-13,18H,8-11H2,(H2,23,24,25,27). The Hall–Kier alpha value is -3.10. The van der Waals surface area contributed by atoms with E-state index in [-0.39, 0.29) is 11.7 Å². The lowest BCUT2D eigenvalue weighted by Crippen LogP contribution is -2.44. The zero-order chi connectivity index (χ0) is 19.3. The molecule has 8 heteroatoms. The van der Waals surface area contributed by atoms with E-state index in [1.807, 2.05) is 12.1 Å². The number of ether oxygens (including phenoxy) is 1. The molecule has 0 radical (unpaired) electrons. The molecule has 3 aromatic rings. The molecule has 3 heterocycles. The van der Waals surface area contributed by atoms with Crippen molar-refractivity contribution < 1.29 is 13.9 Å². The summed E-state index contributed by atoms with van der Waals surface area (Å²) in [5.74, 6) is -0.0388. The number of nitrogens with one attached hydrogen (secondary N) is 2. The fraction of sp³-hybridized carbons (Fsp3) is 0.250. The highest BCUT2D eigenvalue weighted by Gasteiger charge is 2.30. The van der Waals surface area contributed by atoms with Crippen LogP contribution in [0.3, 0.4) is 0 Å². The number of amides is 1. The molecule has 1 saturated heterocycles. The van der Waals surface area contributed by atoms with Crippen LogP contribution in [0, 0.1) is 5.82 Å². The summed E-state index contributed by atoms with van der Waals surface area (Å²) in [5, 5.41) is 9.80. The predicted molar refractivity (Wildman–Crippen MR) is 102 cm³/mol. The molecule has 2 aromatic heterocycles. The number of halogens is 1. The second-order valence-electron chi connectivity index (χ2n) is 6.49. The number of hydrogen-bond acceptors (Lipinski definition) is 5. The second-order valence-corrected chi connectivity index (χ2v) is 6.49. The maximum Gasteiger partial charge on any atom is 0.247 e. The Balaban J connectivity index is 1.60. The van der Waals surface area contributed by atoms with Gasteiger partial charge in [-0.15, -0.1) is 0 Å². The number of aromatic amines is 1. The molecule has 0 aliphatic carbocycles. The highest BCUT2D eigenvalue weighted by atomic mass is 19.1. The van der Waals surface area contributed by atoms with Crippen LogP contribution in [0.25, 0.3) is 11.1 Å². The number of hydrogen-bond donors (Lipinski definition) is 2. The summed E-state index contributed by atoms with van der Waals surface area (Å²) >= 11 is 0. The van der Waals surface area contributed by atoms with Crippen LogP contribution in [-0.2, 0) is 9.53 Å². The molecular formula is C20H20FN5O2. The maximum absolute atomic E-state index is 13.2. The van der Waals surface area contributed by atoms with Crippen molar-refractivity contribution >= 4 is 11.7 Å². The predicted octanol–water partition coefficient (Wildman–Crippen LogP) is 2.62. The Kier molecular flexibility index (Phi) is 5.41. The minimum absolute atomic E-state index is 0.192. The lowest BCUT2D eigenvalue weighted by Gasteiger charge is -2.33. The Morgan fingerprint density at radius 3 is 2.68 bits per heavy atom. The molecule has 28 heavy (non-hydrogen) atoms. The highest BCUT2D eigenvalue weighted by Crippen LogP contribution is 2.28. The van der Waals surface area contributed by atoms with Crippen LogP contribution in [0.4, 0.5) is 10.2 Å². The van der Waals surface area contributed by atoms with E-state index < -0.39 is 6.04 Å². The average Bonchev–Trinajstić information content (AvgIpc) is 3.18. The molecule has 1 aromatic carbocycles. The topological polar surface area (TPSA) is 83.1 Å². The zero-order valence-electron chi connectivity index (χ0n) is 15.1. The quantitative estimate of drug-likeness (QED) is 0.710. The summed E-state index contributed by atoms with van der Waals surface area (Å²) in [7, 11) is 0. The largest absolute Gasteiger partial charge is 0.379 e. The molecule has 144 valence electrons. The molecule has 0 saturated carbocycles. The van der Waals surface area contributed by atoms with Gasteiger partial charge in [-0.1, -0.05) is 18.2 Å². The Labute approximate surface area is 161 Å². The van der Waals surface area contributed by atoms with Crippen LogP contribution < -0.4 is 5.32 Å². The molecule has 7 nitrogen and oxygen atoms in total. The number of H-pyrrole nitrogens is 1. The number of carbonyl (C=O) groups excluding carboxylic acids is 1. The van der Waals surface area contributed by atoms with Gasteiger partial charge in [0, 0.05) is 31.0 Å². The molecule has 2 N–H and O–H groups in total. The van der Waals surface area contributed by atoms with Crippen LogP contribution >= 0.6 is 0 Å². The smallest absolute Gasteiger partial charge is 0.247 e. The van der Waals surface area contributed by atoms with Crippen molar-refractivity contribution in [2.24, 2.45) is 0 Å². The van der Waals surface area contributed by atoms with Gasteiger partial charge < -0.3 is 10.1 Å². The van der Waals surface area contributed by atoms with Crippen molar-refractivity contribution in [3.05, 3.63) is 66.4 Å². The minimum Gasteiger partial charge on any atom is -0.379 e. The molecule has 1 unspecified atom stereocenters. The van der Waals surface area contributed by atoms with Gasteiger partial charge in [-0.3, -0.25) is 19.8 Å². The van der Waals surface area contributed by atoms with Gasteiger partial charge in [-0.2, -0.15) is 5.10 Å². The van der Waals surface area contributed by atoms with Crippen LogP contribution in [-0.4, -0.2) is 52.3 Å². The summed E-state index contributed by atoms with van der Waals surface area (Å²) in [6.07, 6.45) is 4.99. The number of aromatic nitrogens is 3. The monoisotopic (exact) mass is 381 g/mol. The van der Waals surface area contributed by atoms with E-state index in [9.17, 15) is 9.18 Å². The summed E-state index contributed by atoms with van der Waals surface area (Å²) in [5.41, 5.74) is 2.26. The Morgan fingerprint density at radius 2 is 1.96 bits per heavy atom. The number of pyridine rings is 1. The van der Waals surface area contributed by atoms with E-state index in [2.05, 4.69) is 25.4 Å². The van der Waals surface area contributed by atoms with Gasteiger partial charge in [-0.25, -0.2) is 4.39 Å². The van der Waals surface area contributed by atoms with E-state index in [1.165, 1.54) is 12.1 Å². The number of nitrogens with zero attached hydrogens (tertiary/aromatic N) is 3. The number of anilines is 1. The first-order valence-electron chi connectivity index (χ1n) is 9.04. The van der Waals surface area contributed by atoms with Gasteiger partial charge >= 0.3 is 0 Å². The number of rotatable bonds is 5. The van der Waals surface area contributed by atoms with Gasteiger partial charge in [0.25, 0.3) is 0 Å². The SMILES string of the molecule is O=C(Nc1[nH]ncc1-c1ccc(F)cc1)C(c1cccnc1)N1CCOCC1. The summed E-state index contributed by atoms with van der Waals surface area (Å²) in [6.45, 7) is 2.46. The molecule has 4 rings (SSSR count). The van der Waals surface area contributed by atoms with Crippen molar-refractivity contribution in [1.29, 1.82) is 0 Å². The van der Waals surface area contributed by atoms with E-state index in [0.717, 1.165) is 11.1 Å². The van der Waals surface area contributed by atoms with Gasteiger partial charge in [0.15, 0.2) is 0 Å². The first-order chi connectivity index (χ1) is 13.7. The Bertz CT molecular complexity index is 923. The van der Waals surface area contributed by atoms with Crippen LogP contribution in [0.1, 0.15) is 11.6 Å². The van der Waals surface area contributed by atoms with Crippen molar-refractivity contribution in [2.75, 3.05) is 31.6 Å². The fourth-order valence-corrected chi connectivity index (χ4v) is 3.32. The van der Waals surface area contributed by atoms with Crippen LogP contribution in [0.2, 0.25) is 0 Å². The van der Waals surface area contributed by atoms with Gasteiger partial charge in [0.1, 0.15) is 17.7 Å². The lowest BCUT2D eigenvalue weighted by atomic mass is 10.1. The Morgan fingerprint density at radius 1 is 1.18 bits per heavy atom. The fourth-order valence-electron chi connectivity index (χ4n) is 3.32. The zero-order valence-corrected chi connectivity index (χ0v) is 15.1. The number of carbonyl (C=O) groups is 1. The molecule has 1 fully saturated rings. The van der Waals surface area contributed by atoms with E-state index >= 15 is 0 Å². The maximum atomic E-state index is 13.2. The normalized spacial score (nSPS) is 15.9. The minimum atomic E-state index is -0.498. The van der Waals surface area contributed by atoms with Crippen molar-refractivity contribution in [3.63, 3.8) is 0 Å². The van der Waals surface area contributed by atoms with Crippen molar-refractivity contribution in [3.8, 4) is 11.1 Å². The number of morpholine rings is 1. The third-order valence-electron chi connectivity index (χ3n) is 4.70. The van der Waals surface area contributed by atoms with E-state index in [1.54, 1.807) is 30.7 Å². The molecule has 1 aliphatic rings. The van der Waals surface area contributed by atoms with E-state index in [0.29, 0.717) is 37.7 Å². The molecular weight excluding hydrogens is 361 g/mol. The third kappa shape index (κ3) is 3.92. The van der Waals surface area contributed by atoms with Gasteiger partial charge in [0.2, 0.25) is 5.91 Å². The van der Waals surface area contributed by atoms with Crippen molar-refractivity contribution in [1.82, 2.24) is 20.1 Å². The second kappa shape index (κ2) is 8.28. The van der Waals surface area contributed by atoms with Crippen LogP contribution in [0.15, 0.2) is 55.0 Å². The average molecular weight is 381 g/mol. The van der Waals surface area contributed by atoms with Gasteiger partial charge in [-0.05, 0) is 29.3 Å². The van der Waals surface area contributed by atoms with E-state index in [4.69, 9.17) is 4.74 Å². The number of benzene rings is 1. The van der Waals surface area contributed by atoms with Crippen LogP contribution in [0.5, 0.6) is 0 Å². The summed E-state index contributed by atoms with van der Waals surface area (Å²) in [6, 6.07) is 9.26. The van der Waals surface area contributed by atoms with Crippen molar-refractivity contribution in [2.45, 2.75) is 6.04 Å².